The minimum absolute atomic E-state index is 0.0584. The summed E-state index contributed by atoms with van der Waals surface area (Å²) in [6.45, 7) is 5.72. The monoisotopic (exact) mass is 248 g/mol. The second-order valence-electron chi connectivity index (χ2n) is 4.62. The van der Waals surface area contributed by atoms with E-state index in [1.54, 1.807) is 12.1 Å². The first kappa shape index (κ1) is 14.4. The van der Waals surface area contributed by atoms with Crippen molar-refractivity contribution < 1.29 is 14.3 Å². The normalized spacial score (nSPS) is 10.4. The van der Waals surface area contributed by atoms with Crippen LogP contribution in [0.15, 0.2) is 24.3 Å². The van der Waals surface area contributed by atoms with Crippen molar-refractivity contribution in [3.63, 3.8) is 0 Å². The van der Waals surface area contributed by atoms with Crippen molar-refractivity contribution in [1.29, 1.82) is 0 Å². The van der Waals surface area contributed by atoms with E-state index < -0.39 is 0 Å². The summed E-state index contributed by atoms with van der Waals surface area (Å²) in [4.78, 5) is 22.7. The lowest BCUT2D eigenvalue weighted by Crippen LogP contribution is -2.11. The zero-order chi connectivity index (χ0) is 13.5. The molecule has 0 saturated heterocycles. The molecule has 3 heteroatoms. The molecule has 3 nitrogen and oxygen atoms in total. The summed E-state index contributed by atoms with van der Waals surface area (Å²) >= 11 is 0. The molecule has 18 heavy (non-hydrogen) atoms. The van der Waals surface area contributed by atoms with E-state index in [0.29, 0.717) is 18.6 Å². The molecule has 1 aromatic carbocycles. The van der Waals surface area contributed by atoms with Gasteiger partial charge in [-0.1, -0.05) is 32.9 Å². The van der Waals surface area contributed by atoms with Crippen LogP contribution in [0.2, 0.25) is 0 Å². The van der Waals surface area contributed by atoms with Crippen LogP contribution in [-0.4, -0.2) is 18.2 Å². The van der Waals surface area contributed by atoms with Crippen LogP contribution in [0.3, 0.4) is 0 Å². The van der Waals surface area contributed by atoms with Crippen molar-refractivity contribution in [2.24, 2.45) is 5.92 Å². The number of ketones is 2. The molecule has 0 aliphatic carbocycles. The van der Waals surface area contributed by atoms with Crippen LogP contribution in [0, 0.1) is 5.92 Å². The molecular weight excluding hydrogens is 228 g/mol. The summed E-state index contributed by atoms with van der Waals surface area (Å²) in [5, 5.41) is 0. The Hall–Kier alpha value is -1.64. The molecule has 0 spiro atoms. The molecule has 0 heterocycles. The Balaban J connectivity index is 2.52. The molecule has 0 atom stereocenters. The van der Waals surface area contributed by atoms with Crippen LogP contribution in [0.25, 0.3) is 0 Å². The van der Waals surface area contributed by atoms with E-state index in [9.17, 15) is 9.59 Å². The summed E-state index contributed by atoms with van der Waals surface area (Å²) < 4.78 is 5.33. The molecule has 1 aromatic rings. The SMILES string of the molecule is CCC(=O)COc1ccc(CC(=O)C(C)C)cc1. The number of rotatable bonds is 7. The Morgan fingerprint density at radius 3 is 2.28 bits per heavy atom. The second kappa shape index (κ2) is 6.94. The Labute approximate surface area is 108 Å². The van der Waals surface area contributed by atoms with Crippen molar-refractivity contribution in [1.82, 2.24) is 0 Å². The first-order valence-corrected chi connectivity index (χ1v) is 6.29. The lowest BCUT2D eigenvalue weighted by Gasteiger charge is -2.07. The Bertz CT molecular complexity index is 404. The summed E-state index contributed by atoms with van der Waals surface area (Å²) in [6.07, 6.45) is 0.937. The van der Waals surface area contributed by atoms with Crippen LogP contribution < -0.4 is 4.74 Å². The minimum Gasteiger partial charge on any atom is -0.486 e. The second-order valence-corrected chi connectivity index (χ2v) is 4.62. The first-order chi connectivity index (χ1) is 8.52. The molecule has 98 valence electrons. The van der Waals surface area contributed by atoms with Crippen LogP contribution >= 0.6 is 0 Å². The summed E-state index contributed by atoms with van der Waals surface area (Å²) in [6, 6.07) is 7.33. The van der Waals surface area contributed by atoms with Gasteiger partial charge in [-0.15, -0.1) is 0 Å². The summed E-state index contributed by atoms with van der Waals surface area (Å²) in [7, 11) is 0. The molecule has 0 amide bonds. The first-order valence-electron chi connectivity index (χ1n) is 6.29. The molecule has 0 radical (unpaired) electrons. The topological polar surface area (TPSA) is 43.4 Å². The third-order valence-electron chi connectivity index (χ3n) is 2.74. The van der Waals surface area contributed by atoms with Gasteiger partial charge in [-0.3, -0.25) is 9.59 Å². The van der Waals surface area contributed by atoms with Crippen molar-refractivity contribution in [3.8, 4) is 5.75 Å². The zero-order valence-corrected chi connectivity index (χ0v) is 11.2. The van der Waals surface area contributed by atoms with Gasteiger partial charge in [-0.2, -0.15) is 0 Å². The van der Waals surface area contributed by atoms with E-state index in [1.165, 1.54) is 0 Å². The fourth-order valence-electron chi connectivity index (χ4n) is 1.37. The molecule has 0 aromatic heterocycles. The third kappa shape index (κ3) is 4.70. The maximum absolute atomic E-state index is 11.6. The fourth-order valence-corrected chi connectivity index (χ4v) is 1.37. The van der Waals surface area contributed by atoms with Gasteiger partial charge >= 0.3 is 0 Å². The highest BCUT2D eigenvalue weighted by Gasteiger charge is 2.08. The third-order valence-corrected chi connectivity index (χ3v) is 2.74. The van der Waals surface area contributed by atoms with E-state index in [-0.39, 0.29) is 24.1 Å². The molecule has 0 unspecified atom stereocenters. The minimum atomic E-state index is 0.0584. The predicted molar refractivity (Wildman–Crippen MR) is 70.8 cm³/mol. The van der Waals surface area contributed by atoms with Crippen molar-refractivity contribution in [2.75, 3.05) is 6.61 Å². The van der Waals surface area contributed by atoms with Gasteiger partial charge in [0.15, 0.2) is 5.78 Å². The molecular formula is C15H20O3. The van der Waals surface area contributed by atoms with Crippen molar-refractivity contribution in [3.05, 3.63) is 29.8 Å². The highest BCUT2D eigenvalue weighted by molar-refractivity contribution is 5.82. The molecule has 0 N–H and O–H groups in total. The predicted octanol–water partition coefficient (Wildman–Crippen LogP) is 2.81. The van der Waals surface area contributed by atoms with E-state index in [0.717, 1.165) is 5.56 Å². The quantitative estimate of drug-likeness (QED) is 0.745. The standard InChI is InChI=1S/C15H20O3/c1-4-13(16)10-18-14-7-5-12(6-8-14)9-15(17)11(2)3/h5-8,11H,4,9-10H2,1-3H3. The van der Waals surface area contributed by atoms with Gasteiger partial charge in [0.05, 0.1) is 0 Å². The number of Topliss-reactive ketones (excluding diaryl/α,β-unsaturated/α-hetero) is 2. The smallest absolute Gasteiger partial charge is 0.169 e. The molecule has 0 saturated carbocycles. The highest BCUT2D eigenvalue weighted by Crippen LogP contribution is 2.14. The van der Waals surface area contributed by atoms with Crippen LogP contribution in [0.4, 0.5) is 0 Å². The Morgan fingerprint density at radius 1 is 1.17 bits per heavy atom. The van der Waals surface area contributed by atoms with Crippen LogP contribution in [0.5, 0.6) is 5.75 Å². The van der Waals surface area contributed by atoms with Crippen molar-refractivity contribution >= 4 is 11.6 Å². The largest absolute Gasteiger partial charge is 0.486 e. The summed E-state index contributed by atoms with van der Waals surface area (Å²) in [5.74, 6) is 1.03. The number of ether oxygens (including phenoxy) is 1. The van der Waals surface area contributed by atoms with Gasteiger partial charge in [0.1, 0.15) is 18.1 Å². The zero-order valence-electron chi connectivity index (χ0n) is 11.2. The molecule has 0 fully saturated rings. The summed E-state index contributed by atoms with van der Waals surface area (Å²) in [5.41, 5.74) is 0.975. The van der Waals surface area contributed by atoms with Crippen LogP contribution in [-0.2, 0) is 16.0 Å². The maximum Gasteiger partial charge on any atom is 0.169 e. The van der Waals surface area contributed by atoms with E-state index in [2.05, 4.69) is 0 Å². The number of hydrogen-bond donors (Lipinski definition) is 0. The van der Waals surface area contributed by atoms with Gasteiger partial charge in [-0.05, 0) is 17.7 Å². The molecule has 0 bridgehead atoms. The maximum atomic E-state index is 11.6. The number of hydrogen-bond acceptors (Lipinski definition) is 3. The number of carbonyl (C=O) groups is 2. The number of benzene rings is 1. The Kier molecular flexibility index (Phi) is 5.56. The van der Waals surface area contributed by atoms with Gasteiger partial charge < -0.3 is 4.74 Å². The van der Waals surface area contributed by atoms with Gasteiger partial charge in [0, 0.05) is 18.8 Å². The molecule has 1 rings (SSSR count). The average Bonchev–Trinajstić information content (AvgIpc) is 2.37. The lowest BCUT2D eigenvalue weighted by molar-refractivity contribution is -0.121. The Morgan fingerprint density at radius 2 is 1.78 bits per heavy atom. The van der Waals surface area contributed by atoms with Gasteiger partial charge in [0.25, 0.3) is 0 Å². The van der Waals surface area contributed by atoms with Gasteiger partial charge in [-0.25, -0.2) is 0 Å². The van der Waals surface area contributed by atoms with Gasteiger partial charge in [0.2, 0.25) is 0 Å². The molecule has 0 aliphatic heterocycles. The number of carbonyl (C=O) groups excluding carboxylic acids is 2. The van der Waals surface area contributed by atoms with Crippen LogP contribution in [0.1, 0.15) is 32.8 Å². The fraction of sp³-hybridized carbons (Fsp3) is 0.467. The van der Waals surface area contributed by atoms with E-state index in [4.69, 9.17) is 4.74 Å². The average molecular weight is 248 g/mol. The highest BCUT2D eigenvalue weighted by atomic mass is 16.5. The van der Waals surface area contributed by atoms with E-state index >= 15 is 0 Å². The lowest BCUT2D eigenvalue weighted by atomic mass is 10.0. The van der Waals surface area contributed by atoms with Crippen molar-refractivity contribution in [2.45, 2.75) is 33.6 Å². The van der Waals surface area contributed by atoms with E-state index in [1.807, 2.05) is 32.9 Å². The molecule has 0 aliphatic rings.